The van der Waals surface area contributed by atoms with Gasteiger partial charge in [-0.25, -0.2) is 9.97 Å². The Hall–Kier alpha value is -3.01. The Morgan fingerprint density at radius 3 is 2.67 bits per heavy atom. The van der Waals surface area contributed by atoms with E-state index in [1.807, 2.05) is 30.1 Å². The molecule has 3 rings (SSSR count). The summed E-state index contributed by atoms with van der Waals surface area (Å²) in [5, 5.41) is 12.4. The van der Waals surface area contributed by atoms with Gasteiger partial charge in [0.05, 0.1) is 0 Å². The lowest BCUT2D eigenvalue weighted by Crippen LogP contribution is -2.38. The summed E-state index contributed by atoms with van der Waals surface area (Å²) in [7, 11) is 1.87. The third-order valence-electron chi connectivity index (χ3n) is 5.03. The van der Waals surface area contributed by atoms with Gasteiger partial charge >= 0.3 is 0 Å². The number of amides is 1. The first-order chi connectivity index (χ1) is 13.2. The molecule has 2 aromatic rings. The highest BCUT2D eigenvalue weighted by molar-refractivity contribution is 5.78. The number of carbonyl (C=O) groups excluding carboxylic acids is 1. The number of likely N-dealkylation sites (N-methyl/N-ethyl adjacent to an activating group) is 1. The molecule has 2 aromatic heterocycles. The molecule has 0 saturated heterocycles. The Balaban J connectivity index is 1.47. The van der Waals surface area contributed by atoms with Crippen LogP contribution >= 0.6 is 0 Å². The van der Waals surface area contributed by atoms with Crippen LogP contribution in [0.4, 0.5) is 5.82 Å². The van der Waals surface area contributed by atoms with Gasteiger partial charge in [-0.3, -0.25) is 9.78 Å². The molecule has 1 fully saturated rings. The van der Waals surface area contributed by atoms with E-state index in [1.54, 1.807) is 12.4 Å². The van der Waals surface area contributed by atoms with Crippen molar-refractivity contribution < 1.29 is 4.79 Å². The van der Waals surface area contributed by atoms with E-state index in [4.69, 9.17) is 5.26 Å². The van der Waals surface area contributed by atoms with Gasteiger partial charge in [0.15, 0.2) is 11.5 Å². The smallest absolute Gasteiger partial charge is 0.225 e. The minimum Gasteiger partial charge on any atom is -0.365 e. The standard InChI is InChI=1S/C20H24N6O/c1-26(13-9-16-4-2-3-10-22-16)20(27)15-5-7-17(8-6-15)25-19-18(14-21)23-11-12-24-19/h2-4,10-12,15,17H,5-9,13H2,1H3,(H,24,25). The number of hydrogen-bond donors (Lipinski definition) is 1. The van der Waals surface area contributed by atoms with Crippen LogP contribution in [0.2, 0.25) is 0 Å². The minimum absolute atomic E-state index is 0.0640. The van der Waals surface area contributed by atoms with Crippen LogP contribution in [0.15, 0.2) is 36.8 Å². The maximum atomic E-state index is 12.7. The van der Waals surface area contributed by atoms with Gasteiger partial charge in [0.2, 0.25) is 5.91 Å². The fourth-order valence-corrected chi connectivity index (χ4v) is 3.45. The molecule has 0 atom stereocenters. The van der Waals surface area contributed by atoms with Gasteiger partial charge in [-0.1, -0.05) is 6.07 Å². The normalized spacial score (nSPS) is 19.1. The highest BCUT2D eigenvalue weighted by Gasteiger charge is 2.28. The monoisotopic (exact) mass is 364 g/mol. The van der Waals surface area contributed by atoms with E-state index < -0.39 is 0 Å². The number of anilines is 1. The highest BCUT2D eigenvalue weighted by atomic mass is 16.2. The van der Waals surface area contributed by atoms with Crippen molar-refractivity contribution in [3.8, 4) is 6.07 Å². The molecule has 1 aliphatic carbocycles. The average molecular weight is 364 g/mol. The van der Waals surface area contributed by atoms with Crippen LogP contribution in [-0.2, 0) is 11.2 Å². The topological polar surface area (TPSA) is 94.8 Å². The molecule has 1 aliphatic rings. The third-order valence-corrected chi connectivity index (χ3v) is 5.03. The van der Waals surface area contributed by atoms with E-state index in [2.05, 4.69) is 26.3 Å². The van der Waals surface area contributed by atoms with E-state index in [0.717, 1.165) is 37.8 Å². The van der Waals surface area contributed by atoms with Gasteiger partial charge in [-0.15, -0.1) is 0 Å². The zero-order chi connectivity index (χ0) is 19.1. The van der Waals surface area contributed by atoms with Crippen molar-refractivity contribution in [2.75, 3.05) is 18.9 Å². The molecule has 0 aromatic carbocycles. The summed E-state index contributed by atoms with van der Waals surface area (Å²) >= 11 is 0. The van der Waals surface area contributed by atoms with Crippen LogP contribution in [-0.4, -0.2) is 45.4 Å². The number of nitrogens with one attached hydrogen (secondary N) is 1. The summed E-state index contributed by atoms with van der Waals surface area (Å²) < 4.78 is 0. The zero-order valence-electron chi connectivity index (χ0n) is 15.5. The lowest BCUT2D eigenvalue weighted by atomic mass is 9.85. The Labute approximate surface area is 159 Å². The summed E-state index contributed by atoms with van der Waals surface area (Å²) in [6.07, 6.45) is 9.08. The van der Waals surface area contributed by atoms with Gasteiger partial charge in [0.1, 0.15) is 6.07 Å². The molecule has 1 saturated carbocycles. The van der Waals surface area contributed by atoms with Crippen LogP contribution in [0.5, 0.6) is 0 Å². The van der Waals surface area contributed by atoms with Crippen molar-refractivity contribution in [3.05, 3.63) is 48.2 Å². The van der Waals surface area contributed by atoms with Gasteiger partial charge < -0.3 is 10.2 Å². The predicted octanol–water partition coefficient (Wildman–Crippen LogP) is 2.42. The first kappa shape index (κ1) is 18.8. The summed E-state index contributed by atoms with van der Waals surface area (Å²) in [6, 6.07) is 8.11. The molecule has 0 spiro atoms. The second-order valence-electron chi connectivity index (χ2n) is 6.89. The molecule has 0 radical (unpaired) electrons. The fraction of sp³-hybridized carbons (Fsp3) is 0.450. The first-order valence-corrected chi connectivity index (χ1v) is 9.30. The molecule has 7 nitrogen and oxygen atoms in total. The molecule has 0 bridgehead atoms. The maximum Gasteiger partial charge on any atom is 0.225 e. The van der Waals surface area contributed by atoms with Crippen LogP contribution in [0.3, 0.4) is 0 Å². The van der Waals surface area contributed by atoms with E-state index in [-0.39, 0.29) is 17.9 Å². The number of rotatable bonds is 6. The zero-order valence-corrected chi connectivity index (χ0v) is 15.5. The quantitative estimate of drug-likeness (QED) is 0.846. The summed E-state index contributed by atoms with van der Waals surface area (Å²) in [5.41, 5.74) is 1.31. The predicted molar refractivity (Wildman–Crippen MR) is 102 cm³/mol. The average Bonchev–Trinajstić information content (AvgIpc) is 2.73. The van der Waals surface area contributed by atoms with Crippen molar-refractivity contribution in [1.82, 2.24) is 19.9 Å². The molecular weight excluding hydrogens is 340 g/mol. The number of nitrogens with zero attached hydrogens (tertiary/aromatic N) is 5. The Bertz CT molecular complexity index is 796. The van der Waals surface area contributed by atoms with Crippen LogP contribution < -0.4 is 5.32 Å². The van der Waals surface area contributed by atoms with Crippen molar-refractivity contribution >= 4 is 11.7 Å². The van der Waals surface area contributed by atoms with E-state index >= 15 is 0 Å². The number of pyridine rings is 1. The molecule has 1 N–H and O–H groups in total. The molecular formula is C20H24N6O. The Morgan fingerprint density at radius 2 is 1.96 bits per heavy atom. The molecule has 0 aliphatic heterocycles. The number of carbonyl (C=O) groups is 1. The number of nitriles is 1. The highest BCUT2D eigenvalue weighted by Crippen LogP contribution is 2.28. The molecule has 27 heavy (non-hydrogen) atoms. The fourth-order valence-electron chi connectivity index (χ4n) is 3.45. The van der Waals surface area contributed by atoms with Gasteiger partial charge in [-0.2, -0.15) is 5.26 Å². The lowest BCUT2D eigenvalue weighted by molar-refractivity contribution is -0.135. The summed E-state index contributed by atoms with van der Waals surface area (Å²) in [4.78, 5) is 27.1. The SMILES string of the molecule is CN(CCc1ccccn1)C(=O)C1CCC(Nc2nccnc2C#N)CC1. The molecule has 2 heterocycles. The Kier molecular flexibility index (Phi) is 6.31. The molecule has 7 heteroatoms. The van der Waals surface area contributed by atoms with Crippen molar-refractivity contribution in [1.29, 1.82) is 5.26 Å². The first-order valence-electron chi connectivity index (χ1n) is 9.30. The number of hydrogen-bond acceptors (Lipinski definition) is 6. The van der Waals surface area contributed by atoms with Crippen LogP contribution in [0, 0.1) is 17.2 Å². The summed E-state index contributed by atoms with van der Waals surface area (Å²) in [6.45, 7) is 0.680. The molecule has 0 unspecified atom stereocenters. The second-order valence-corrected chi connectivity index (χ2v) is 6.89. The van der Waals surface area contributed by atoms with Crippen LogP contribution in [0.25, 0.3) is 0 Å². The molecule has 1 amide bonds. The van der Waals surface area contributed by atoms with Gasteiger partial charge in [0, 0.05) is 56.3 Å². The Morgan fingerprint density at radius 1 is 1.19 bits per heavy atom. The second kappa shape index (κ2) is 9.08. The minimum atomic E-state index is 0.0640. The van der Waals surface area contributed by atoms with Crippen molar-refractivity contribution in [2.45, 2.75) is 38.1 Å². The largest absolute Gasteiger partial charge is 0.365 e. The van der Waals surface area contributed by atoms with E-state index in [1.165, 1.54) is 6.20 Å². The van der Waals surface area contributed by atoms with Gasteiger partial charge in [-0.05, 0) is 37.8 Å². The van der Waals surface area contributed by atoms with E-state index in [0.29, 0.717) is 18.1 Å². The van der Waals surface area contributed by atoms with Crippen LogP contribution in [0.1, 0.15) is 37.1 Å². The number of aromatic nitrogens is 3. The maximum absolute atomic E-state index is 12.7. The lowest BCUT2D eigenvalue weighted by Gasteiger charge is -2.31. The van der Waals surface area contributed by atoms with Crippen molar-refractivity contribution in [3.63, 3.8) is 0 Å². The van der Waals surface area contributed by atoms with Crippen molar-refractivity contribution in [2.24, 2.45) is 5.92 Å². The third kappa shape index (κ3) is 5.00. The summed E-state index contributed by atoms with van der Waals surface area (Å²) in [5.74, 6) is 0.804. The van der Waals surface area contributed by atoms with Gasteiger partial charge in [0.25, 0.3) is 0 Å². The van der Waals surface area contributed by atoms with E-state index in [9.17, 15) is 4.79 Å². The molecule has 140 valence electrons.